The minimum Gasteiger partial charge on any atom is -0.494 e. The van der Waals surface area contributed by atoms with Crippen molar-refractivity contribution in [3.05, 3.63) is 71.8 Å². The highest BCUT2D eigenvalue weighted by Crippen LogP contribution is 2.12. The lowest BCUT2D eigenvalue weighted by molar-refractivity contribution is 0.0697. The lowest BCUT2D eigenvalue weighted by atomic mass is 10.2. The van der Waals surface area contributed by atoms with Crippen LogP contribution in [0.3, 0.4) is 0 Å². The Morgan fingerprint density at radius 1 is 1.08 bits per heavy atom. The lowest BCUT2D eigenvalue weighted by Crippen LogP contribution is -2.04. The first kappa shape index (κ1) is 21.3. The van der Waals surface area contributed by atoms with Crippen LogP contribution < -0.4 is 10.5 Å². The van der Waals surface area contributed by atoms with Crippen LogP contribution in [0, 0.1) is 6.92 Å². The molecule has 140 valence electrons. The van der Waals surface area contributed by atoms with Gasteiger partial charge in [0.1, 0.15) is 5.75 Å². The summed E-state index contributed by atoms with van der Waals surface area (Å²) in [6.45, 7) is 9.44. The van der Waals surface area contributed by atoms with Crippen molar-refractivity contribution in [1.29, 1.82) is 0 Å². The zero-order valence-electron chi connectivity index (χ0n) is 15.4. The summed E-state index contributed by atoms with van der Waals surface area (Å²) in [6.07, 6.45) is 0.786. The lowest BCUT2D eigenvalue weighted by Gasteiger charge is -2.07. The minimum absolute atomic E-state index is 0.257. The fourth-order valence-corrected chi connectivity index (χ4v) is 1.86. The zero-order valence-corrected chi connectivity index (χ0v) is 15.4. The minimum atomic E-state index is -0.935. The molecule has 2 aromatic carbocycles. The predicted molar refractivity (Wildman–Crippen MR) is 105 cm³/mol. The van der Waals surface area contributed by atoms with E-state index in [0.717, 1.165) is 17.7 Å². The molecule has 0 aromatic heterocycles. The van der Waals surface area contributed by atoms with Gasteiger partial charge in [0.25, 0.3) is 0 Å². The average molecular weight is 357 g/mol. The number of benzene rings is 2. The van der Waals surface area contributed by atoms with Crippen molar-refractivity contribution in [3.8, 4) is 5.75 Å². The molecule has 0 aliphatic rings. The number of aryl methyl sites for hydroxylation is 1. The smallest absolute Gasteiger partial charge is 0.335 e. The Hall–Kier alpha value is -2.79. The first-order chi connectivity index (χ1) is 12.4. The number of nitrogens with two attached hydrogens (primary N) is 1. The summed E-state index contributed by atoms with van der Waals surface area (Å²) in [6, 6.07) is 14.1. The summed E-state index contributed by atoms with van der Waals surface area (Å²) in [4.78, 5) is 10.6. The Kier molecular flexibility index (Phi) is 9.57. The maximum absolute atomic E-state index is 10.6. The molecule has 5 heteroatoms. The number of hydrogen-bond acceptors (Lipinski definition) is 4. The predicted octanol–water partition coefficient (Wildman–Crippen LogP) is 4.32. The maximum Gasteiger partial charge on any atom is 0.335 e. The quantitative estimate of drug-likeness (QED) is 0.418. The largest absolute Gasteiger partial charge is 0.494 e. The van der Waals surface area contributed by atoms with Gasteiger partial charge in [0, 0.05) is 12.1 Å². The molecule has 0 fully saturated rings. The molecule has 0 amide bonds. The van der Waals surface area contributed by atoms with Crippen molar-refractivity contribution in [2.45, 2.75) is 20.3 Å². The van der Waals surface area contributed by atoms with Gasteiger partial charge in [-0.2, -0.15) is 0 Å². The maximum atomic E-state index is 10.6. The van der Waals surface area contributed by atoms with Crippen LogP contribution >= 0.6 is 0 Å². The number of carboxylic acids is 1. The summed E-state index contributed by atoms with van der Waals surface area (Å²) in [5, 5.41) is 8.73. The number of anilines is 1. The van der Waals surface area contributed by atoms with E-state index in [1.165, 1.54) is 17.7 Å². The van der Waals surface area contributed by atoms with Gasteiger partial charge in [-0.05, 0) is 50.2 Å². The standard InChI is InChI=1S/C14H18O4.C7H9N/c1-11(2)10-17-8-3-9-18-13-6-4-12(5-7-13)14(15)16;1-6-2-4-7(8)5-3-6/h4-7H,1,3,8-10H2,2H3,(H,15,16);2-5H,8H2,1H3. The topological polar surface area (TPSA) is 81.8 Å². The normalized spacial score (nSPS) is 9.77. The number of hydrogen-bond donors (Lipinski definition) is 2. The van der Waals surface area contributed by atoms with Crippen molar-refractivity contribution in [3.63, 3.8) is 0 Å². The molecule has 2 rings (SSSR count). The third kappa shape index (κ3) is 9.49. The van der Waals surface area contributed by atoms with E-state index in [2.05, 4.69) is 6.58 Å². The van der Waals surface area contributed by atoms with Crippen LogP contribution in [0.2, 0.25) is 0 Å². The number of ether oxygens (including phenoxy) is 2. The van der Waals surface area contributed by atoms with Gasteiger partial charge in [0.2, 0.25) is 0 Å². The summed E-state index contributed by atoms with van der Waals surface area (Å²) in [5.74, 6) is -0.269. The highest BCUT2D eigenvalue weighted by Gasteiger charge is 2.01. The van der Waals surface area contributed by atoms with Crippen molar-refractivity contribution in [2.24, 2.45) is 0 Å². The molecule has 0 saturated carbocycles. The van der Waals surface area contributed by atoms with Crippen LogP contribution in [0.4, 0.5) is 5.69 Å². The molecular weight excluding hydrogens is 330 g/mol. The number of carboxylic acid groups (broad SMARTS) is 1. The molecular formula is C21H27NO4. The van der Waals surface area contributed by atoms with E-state index in [0.29, 0.717) is 25.6 Å². The van der Waals surface area contributed by atoms with E-state index in [9.17, 15) is 4.79 Å². The molecule has 26 heavy (non-hydrogen) atoms. The summed E-state index contributed by atoms with van der Waals surface area (Å²) < 4.78 is 10.8. The molecule has 0 radical (unpaired) electrons. The van der Waals surface area contributed by atoms with E-state index < -0.39 is 5.97 Å². The van der Waals surface area contributed by atoms with Crippen molar-refractivity contribution < 1.29 is 19.4 Å². The van der Waals surface area contributed by atoms with Gasteiger partial charge in [0.15, 0.2) is 0 Å². The molecule has 5 nitrogen and oxygen atoms in total. The molecule has 0 aliphatic carbocycles. The molecule has 0 saturated heterocycles. The van der Waals surface area contributed by atoms with Gasteiger partial charge in [-0.3, -0.25) is 0 Å². The van der Waals surface area contributed by atoms with Crippen molar-refractivity contribution in [1.82, 2.24) is 0 Å². The monoisotopic (exact) mass is 357 g/mol. The Bertz CT molecular complexity index is 657. The molecule has 0 atom stereocenters. The molecule has 0 heterocycles. The van der Waals surface area contributed by atoms with E-state index in [1.54, 1.807) is 12.1 Å². The number of carbonyl (C=O) groups is 1. The molecule has 2 aromatic rings. The van der Waals surface area contributed by atoms with E-state index in [-0.39, 0.29) is 5.56 Å². The van der Waals surface area contributed by atoms with Gasteiger partial charge in [0.05, 0.1) is 25.4 Å². The average Bonchev–Trinajstić information content (AvgIpc) is 2.61. The summed E-state index contributed by atoms with van der Waals surface area (Å²) in [5.41, 5.74) is 8.76. The van der Waals surface area contributed by atoms with Gasteiger partial charge < -0.3 is 20.3 Å². The third-order valence-electron chi connectivity index (χ3n) is 3.23. The van der Waals surface area contributed by atoms with E-state index in [4.69, 9.17) is 20.3 Å². The fourth-order valence-electron chi connectivity index (χ4n) is 1.86. The van der Waals surface area contributed by atoms with Crippen LogP contribution in [0.25, 0.3) is 0 Å². The van der Waals surface area contributed by atoms with Gasteiger partial charge in [-0.1, -0.05) is 29.8 Å². The van der Waals surface area contributed by atoms with Gasteiger partial charge in [-0.25, -0.2) is 4.79 Å². The molecule has 3 N–H and O–H groups in total. The molecule has 0 aliphatic heterocycles. The Morgan fingerprint density at radius 2 is 1.69 bits per heavy atom. The fraction of sp³-hybridized carbons (Fsp3) is 0.286. The van der Waals surface area contributed by atoms with Gasteiger partial charge >= 0.3 is 5.97 Å². The second-order valence-electron chi connectivity index (χ2n) is 5.95. The number of rotatable bonds is 8. The third-order valence-corrected chi connectivity index (χ3v) is 3.23. The van der Waals surface area contributed by atoms with E-state index in [1.807, 2.05) is 38.1 Å². The van der Waals surface area contributed by atoms with Crippen LogP contribution in [0.5, 0.6) is 5.75 Å². The molecule has 0 unspecified atom stereocenters. The highest BCUT2D eigenvalue weighted by molar-refractivity contribution is 5.87. The summed E-state index contributed by atoms with van der Waals surface area (Å²) in [7, 11) is 0. The Labute approximate surface area is 155 Å². The zero-order chi connectivity index (χ0) is 19.4. The second-order valence-corrected chi connectivity index (χ2v) is 5.95. The van der Waals surface area contributed by atoms with E-state index >= 15 is 0 Å². The highest BCUT2D eigenvalue weighted by atomic mass is 16.5. The second kappa shape index (κ2) is 11.7. The molecule has 0 spiro atoms. The van der Waals surface area contributed by atoms with Crippen molar-refractivity contribution in [2.75, 3.05) is 25.6 Å². The van der Waals surface area contributed by atoms with Crippen molar-refractivity contribution >= 4 is 11.7 Å². The number of aromatic carboxylic acids is 1. The summed E-state index contributed by atoms with van der Waals surface area (Å²) >= 11 is 0. The molecule has 0 bridgehead atoms. The van der Waals surface area contributed by atoms with Crippen LogP contribution in [-0.4, -0.2) is 30.9 Å². The first-order valence-electron chi connectivity index (χ1n) is 8.39. The van der Waals surface area contributed by atoms with Crippen LogP contribution in [-0.2, 0) is 4.74 Å². The van der Waals surface area contributed by atoms with Crippen LogP contribution in [0.15, 0.2) is 60.7 Å². The van der Waals surface area contributed by atoms with Gasteiger partial charge in [-0.15, -0.1) is 0 Å². The Morgan fingerprint density at radius 3 is 2.19 bits per heavy atom. The number of nitrogen functional groups attached to an aromatic ring is 1. The van der Waals surface area contributed by atoms with Crippen LogP contribution in [0.1, 0.15) is 29.3 Å². The SMILES string of the molecule is C=C(C)COCCCOc1ccc(C(=O)O)cc1.Cc1ccc(N)cc1. The Balaban J connectivity index is 0.000000350. The first-order valence-corrected chi connectivity index (χ1v) is 8.39.